The van der Waals surface area contributed by atoms with Gasteiger partial charge in [0.05, 0.1) is 23.6 Å². The van der Waals surface area contributed by atoms with Crippen LogP contribution >= 0.6 is 11.3 Å². The molecule has 1 saturated heterocycles. The molecule has 0 aliphatic carbocycles. The van der Waals surface area contributed by atoms with E-state index >= 15 is 0 Å². The molecule has 7 nitrogen and oxygen atoms in total. The summed E-state index contributed by atoms with van der Waals surface area (Å²) in [6.07, 6.45) is 0.787. The Kier molecular flexibility index (Phi) is 6.24. The minimum Gasteiger partial charge on any atom is -0.486 e. The van der Waals surface area contributed by atoms with E-state index in [9.17, 15) is 13.2 Å². The highest BCUT2D eigenvalue weighted by molar-refractivity contribution is 7.93. The number of amides is 1. The van der Waals surface area contributed by atoms with Crippen LogP contribution in [-0.2, 0) is 27.8 Å². The van der Waals surface area contributed by atoms with Crippen LogP contribution in [0.5, 0.6) is 5.75 Å². The van der Waals surface area contributed by atoms with Gasteiger partial charge in [0.1, 0.15) is 17.4 Å². The molecular formula is C22H23N3O4S2. The molecule has 1 fully saturated rings. The lowest BCUT2D eigenvalue weighted by Gasteiger charge is -2.17. The lowest BCUT2D eigenvalue weighted by molar-refractivity contribution is -0.115. The molecule has 0 atom stereocenters. The van der Waals surface area contributed by atoms with E-state index < -0.39 is 10.0 Å². The molecule has 3 aromatic rings. The summed E-state index contributed by atoms with van der Waals surface area (Å²) in [5.41, 5.74) is 3.09. The number of nitrogens with one attached hydrogen (secondary N) is 1. The fourth-order valence-corrected chi connectivity index (χ4v) is 5.56. The Labute approximate surface area is 185 Å². The molecule has 31 heavy (non-hydrogen) atoms. The number of ether oxygens (including phenoxy) is 1. The first-order chi connectivity index (χ1) is 14.9. The van der Waals surface area contributed by atoms with Crippen molar-refractivity contribution in [3.8, 4) is 5.75 Å². The Bertz CT molecular complexity index is 1160. The van der Waals surface area contributed by atoms with Crippen molar-refractivity contribution in [1.82, 2.24) is 4.98 Å². The molecule has 4 rings (SSSR count). The number of aryl methyl sites for hydroxylation is 1. The van der Waals surface area contributed by atoms with Crippen molar-refractivity contribution in [3.63, 3.8) is 0 Å². The largest absolute Gasteiger partial charge is 0.486 e. The number of hydrogen-bond acceptors (Lipinski definition) is 6. The number of nitrogens with zero attached hydrogens (tertiary/aromatic N) is 2. The van der Waals surface area contributed by atoms with Gasteiger partial charge in [-0.05, 0) is 49.7 Å². The van der Waals surface area contributed by atoms with Gasteiger partial charge in [-0.2, -0.15) is 0 Å². The Hall–Kier alpha value is -2.91. The average Bonchev–Trinajstić information content (AvgIpc) is 3.33. The van der Waals surface area contributed by atoms with E-state index in [1.807, 2.05) is 36.6 Å². The molecule has 0 spiro atoms. The third kappa shape index (κ3) is 5.42. The zero-order chi connectivity index (χ0) is 21.8. The molecule has 0 unspecified atom stereocenters. The van der Waals surface area contributed by atoms with E-state index in [1.54, 1.807) is 24.3 Å². The first-order valence-electron chi connectivity index (χ1n) is 9.92. The zero-order valence-corrected chi connectivity index (χ0v) is 18.7. The quantitative estimate of drug-likeness (QED) is 0.584. The van der Waals surface area contributed by atoms with Crippen molar-refractivity contribution < 1.29 is 17.9 Å². The molecule has 162 valence electrons. The molecule has 2 heterocycles. The van der Waals surface area contributed by atoms with E-state index in [4.69, 9.17) is 4.74 Å². The summed E-state index contributed by atoms with van der Waals surface area (Å²) in [5, 5.41) is 5.49. The average molecular weight is 458 g/mol. The lowest BCUT2D eigenvalue weighted by atomic mass is 10.2. The van der Waals surface area contributed by atoms with E-state index in [0.717, 1.165) is 10.8 Å². The van der Waals surface area contributed by atoms with Gasteiger partial charge in [0.25, 0.3) is 0 Å². The summed E-state index contributed by atoms with van der Waals surface area (Å²) in [6, 6.07) is 14.7. The zero-order valence-electron chi connectivity index (χ0n) is 17.1. The van der Waals surface area contributed by atoms with Crippen molar-refractivity contribution in [2.24, 2.45) is 0 Å². The number of hydrogen-bond donors (Lipinski definition) is 1. The molecular weight excluding hydrogens is 434 g/mol. The second-order valence-electron chi connectivity index (χ2n) is 7.35. The fraction of sp³-hybridized carbons (Fsp3) is 0.273. The summed E-state index contributed by atoms with van der Waals surface area (Å²) < 4.78 is 31.2. The highest BCUT2D eigenvalue weighted by Crippen LogP contribution is 2.25. The molecule has 9 heteroatoms. The second-order valence-corrected chi connectivity index (χ2v) is 10.3. The number of carbonyl (C=O) groups is 1. The molecule has 1 aliphatic heterocycles. The summed E-state index contributed by atoms with van der Waals surface area (Å²) in [5.74, 6) is 0.778. The molecule has 0 saturated carbocycles. The van der Waals surface area contributed by atoms with E-state index in [2.05, 4.69) is 10.3 Å². The van der Waals surface area contributed by atoms with Gasteiger partial charge in [0, 0.05) is 17.6 Å². The molecule has 1 aliphatic rings. The number of aromatic nitrogens is 1. The van der Waals surface area contributed by atoms with Gasteiger partial charge in [-0.3, -0.25) is 9.10 Å². The van der Waals surface area contributed by atoms with Gasteiger partial charge in [-0.25, -0.2) is 13.4 Å². The van der Waals surface area contributed by atoms with Gasteiger partial charge >= 0.3 is 0 Å². The van der Waals surface area contributed by atoms with Crippen molar-refractivity contribution >= 4 is 38.6 Å². The van der Waals surface area contributed by atoms with Crippen LogP contribution in [-0.4, -0.2) is 31.6 Å². The van der Waals surface area contributed by atoms with E-state index in [0.29, 0.717) is 36.6 Å². The summed E-state index contributed by atoms with van der Waals surface area (Å²) in [4.78, 5) is 16.8. The maximum atomic E-state index is 12.4. The van der Waals surface area contributed by atoms with Crippen LogP contribution in [0.3, 0.4) is 0 Å². The normalized spacial score (nSPS) is 15.1. The van der Waals surface area contributed by atoms with Crippen molar-refractivity contribution in [2.45, 2.75) is 26.4 Å². The molecule has 1 amide bonds. The SMILES string of the molecule is Cc1ccc(OCc2nc(CC(=O)Nc3ccc(N4CCCS4(=O)=O)cc3)cs2)cc1. The van der Waals surface area contributed by atoms with Crippen molar-refractivity contribution in [1.29, 1.82) is 0 Å². The fourth-order valence-electron chi connectivity index (χ4n) is 3.29. The molecule has 1 N–H and O–H groups in total. The number of carbonyl (C=O) groups excluding carboxylic acids is 1. The molecule has 0 radical (unpaired) electrons. The summed E-state index contributed by atoms with van der Waals surface area (Å²) >= 11 is 1.46. The predicted molar refractivity (Wildman–Crippen MR) is 122 cm³/mol. The van der Waals surface area contributed by atoms with Crippen LogP contribution in [0.15, 0.2) is 53.9 Å². The summed E-state index contributed by atoms with van der Waals surface area (Å²) in [6.45, 7) is 2.87. The third-order valence-electron chi connectivity index (χ3n) is 4.86. The maximum Gasteiger partial charge on any atom is 0.235 e. The van der Waals surface area contributed by atoms with Crippen LogP contribution in [0.2, 0.25) is 0 Å². The number of thiazole rings is 1. The number of sulfonamides is 1. The van der Waals surface area contributed by atoms with Crippen molar-refractivity contribution in [2.75, 3.05) is 21.9 Å². The van der Waals surface area contributed by atoms with Crippen LogP contribution in [0.1, 0.15) is 22.7 Å². The van der Waals surface area contributed by atoms with Gasteiger partial charge in [0.15, 0.2) is 0 Å². The Balaban J connectivity index is 1.29. The van der Waals surface area contributed by atoms with Crippen LogP contribution in [0.4, 0.5) is 11.4 Å². The number of anilines is 2. The van der Waals surface area contributed by atoms with Gasteiger partial charge in [0.2, 0.25) is 15.9 Å². The monoisotopic (exact) mass is 457 g/mol. The Morgan fingerprint density at radius 1 is 1.16 bits per heavy atom. The topological polar surface area (TPSA) is 88.6 Å². The second kappa shape index (κ2) is 9.07. The van der Waals surface area contributed by atoms with E-state index in [-0.39, 0.29) is 18.1 Å². The smallest absolute Gasteiger partial charge is 0.235 e. The lowest BCUT2D eigenvalue weighted by Crippen LogP contribution is -2.25. The highest BCUT2D eigenvalue weighted by Gasteiger charge is 2.28. The number of rotatable bonds is 7. The van der Waals surface area contributed by atoms with Gasteiger partial charge < -0.3 is 10.1 Å². The molecule has 1 aromatic heterocycles. The minimum atomic E-state index is -3.21. The van der Waals surface area contributed by atoms with Crippen LogP contribution < -0.4 is 14.4 Å². The number of benzene rings is 2. The van der Waals surface area contributed by atoms with Gasteiger partial charge in [-0.1, -0.05) is 17.7 Å². The summed E-state index contributed by atoms with van der Waals surface area (Å²) in [7, 11) is -3.21. The highest BCUT2D eigenvalue weighted by atomic mass is 32.2. The Morgan fingerprint density at radius 2 is 1.90 bits per heavy atom. The van der Waals surface area contributed by atoms with Crippen LogP contribution in [0, 0.1) is 6.92 Å². The minimum absolute atomic E-state index is 0.156. The third-order valence-corrected chi connectivity index (χ3v) is 7.60. The van der Waals surface area contributed by atoms with Gasteiger partial charge in [-0.15, -0.1) is 11.3 Å². The Morgan fingerprint density at radius 3 is 2.58 bits per heavy atom. The van der Waals surface area contributed by atoms with Crippen molar-refractivity contribution in [3.05, 3.63) is 70.2 Å². The van der Waals surface area contributed by atoms with Crippen LogP contribution in [0.25, 0.3) is 0 Å². The molecule has 2 aromatic carbocycles. The maximum absolute atomic E-state index is 12.4. The molecule has 0 bridgehead atoms. The van der Waals surface area contributed by atoms with E-state index in [1.165, 1.54) is 21.2 Å². The first kappa shape index (κ1) is 21.3. The predicted octanol–water partition coefficient (Wildman–Crippen LogP) is 3.75. The standard InChI is InChI=1S/C22H23N3O4S2/c1-16-3-9-20(10-4-16)29-14-22-24-18(15-30-22)13-21(26)23-17-5-7-19(8-6-17)25-11-2-12-31(25,27)28/h3-10,15H,2,11-14H2,1H3,(H,23,26). The first-order valence-corrected chi connectivity index (χ1v) is 12.4.